The van der Waals surface area contributed by atoms with Gasteiger partial charge in [0.2, 0.25) is 5.91 Å². The number of hydrogen-bond donors (Lipinski definition) is 0. The van der Waals surface area contributed by atoms with Crippen LogP contribution in [0.2, 0.25) is 5.02 Å². The predicted molar refractivity (Wildman–Crippen MR) is 105 cm³/mol. The van der Waals surface area contributed by atoms with Crippen molar-refractivity contribution >= 4 is 35.6 Å². The second-order valence-electron chi connectivity index (χ2n) is 6.23. The summed E-state index contributed by atoms with van der Waals surface area (Å²) in [5.41, 5.74) is 3.09. The third-order valence-corrected chi connectivity index (χ3v) is 4.78. The molecule has 4 nitrogen and oxygen atoms in total. The van der Waals surface area contributed by atoms with E-state index in [0.717, 1.165) is 36.2 Å². The molecule has 0 aromatic heterocycles. The van der Waals surface area contributed by atoms with Crippen molar-refractivity contribution in [3.05, 3.63) is 70.8 Å². The number of benzene rings is 2. The molecule has 0 bridgehead atoms. The summed E-state index contributed by atoms with van der Waals surface area (Å²) in [6.45, 7) is 2.94. The van der Waals surface area contributed by atoms with Gasteiger partial charge in [-0.25, -0.2) is 0 Å². The number of hydrogen-bond acceptors (Lipinski definition) is 3. The number of carbonyl (C=O) groups is 2. The zero-order valence-corrected chi connectivity index (χ0v) is 15.2. The van der Waals surface area contributed by atoms with Crippen LogP contribution in [-0.2, 0) is 16.0 Å². The summed E-state index contributed by atoms with van der Waals surface area (Å²) in [6, 6.07) is 15.4. The molecule has 3 rings (SSSR count). The summed E-state index contributed by atoms with van der Waals surface area (Å²) in [5.74, 6) is 0.140. The molecular formula is C21H21ClN2O2. The van der Waals surface area contributed by atoms with Crippen LogP contribution in [0.15, 0.2) is 54.6 Å². The van der Waals surface area contributed by atoms with Crippen molar-refractivity contribution in [2.45, 2.75) is 6.42 Å². The molecule has 2 aromatic rings. The summed E-state index contributed by atoms with van der Waals surface area (Å²) in [7, 11) is 0. The first-order chi connectivity index (χ1) is 12.7. The lowest BCUT2D eigenvalue weighted by atomic mass is 10.1. The smallest absolute Gasteiger partial charge is 0.227 e. The minimum atomic E-state index is 0.140. The predicted octanol–water partition coefficient (Wildman–Crippen LogP) is 3.44. The van der Waals surface area contributed by atoms with Gasteiger partial charge < -0.3 is 9.80 Å². The number of anilines is 1. The number of para-hydroxylation sites is 1. The number of rotatable bonds is 5. The molecule has 0 saturated carbocycles. The quantitative estimate of drug-likeness (QED) is 0.599. The molecule has 1 saturated heterocycles. The molecular weight excluding hydrogens is 348 g/mol. The van der Waals surface area contributed by atoms with Gasteiger partial charge in [0.25, 0.3) is 0 Å². The number of carbonyl (C=O) groups excluding carboxylic acids is 2. The molecule has 2 aromatic carbocycles. The molecule has 0 atom stereocenters. The third-order valence-electron chi connectivity index (χ3n) is 4.53. The van der Waals surface area contributed by atoms with Crippen LogP contribution in [0.1, 0.15) is 11.1 Å². The van der Waals surface area contributed by atoms with Gasteiger partial charge in [0.15, 0.2) is 0 Å². The minimum absolute atomic E-state index is 0.140. The Labute approximate surface area is 158 Å². The summed E-state index contributed by atoms with van der Waals surface area (Å²) in [4.78, 5) is 27.3. The summed E-state index contributed by atoms with van der Waals surface area (Å²) in [5, 5.41) is 0.678. The van der Waals surface area contributed by atoms with E-state index in [1.54, 1.807) is 0 Å². The normalized spacial score (nSPS) is 14.7. The largest absolute Gasteiger partial charge is 0.367 e. The highest BCUT2D eigenvalue weighted by Gasteiger charge is 2.22. The molecule has 1 aliphatic rings. The molecule has 26 heavy (non-hydrogen) atoms. The second kappa shape index (κ2) is 8.68. The molecule has 1 aliphatic heterocycles. The highest BCUT2D eigenvalue weighted by atomic mass is 35.5. The van der Waals surface area contributed by atoms with Crippen LogP contribution in [-0.4, -0.2) is 43.3 Å². The van der Waals surface area contributed by atoms with Crippen LogP contribution < -0.4 is 4.90 Å². The van der Waals surface area contributed by atoms with Gasteiger partial charge in [-0.1, -0.05) is 41.9 Å². The Hall–Kier alpha value is -2.59. The lowest BCUT2D eigenvalue weighted by Crippen LogP contribution is -2.49. The van der Waals surface area contributed by atoms with Crippen molar-refractivity contribution < 1.29 is 9.59 Å². The van der Waals surface area contributed by atoms with Crippen LogP contribution in [0.25, 0.3) is 6.08 Å². The molecule has 0 N–H and O–H groups in total. The monoisotopic (exact) mass is 368 g/mol. The molecule has 134 valence electrons. The standard InChI is InChI=1S/C21H21ClN2O2/c22-19-9-7-17(8-10-19)16-21(26)24-13-11-23(12-14-24)20-6-2-1-4-18(20)5-3-15-25/h1-10,15H,11-14,16H2/b5-3+. The third kappa shape index (κ3) is 4.52. The van der Waals surface area contributed by atoms with Crippen molar-refractivity contribution in [2.75, 3.05) is 31.1 Å². The van der Waals surface area contributed by atoms with E-state index in [1.165, 1.54) is 6.08 Å². The average molecular weight is 369 g/mol. The SMILES string of the molecule is O=C/C=C/c1ccccc1N1CCN(C(=O)Cc2ccc(Cl)cc2)CC1. The number of aldehydes is 1. The first kappa shape index (κ1) is 18.2. The average Bonchev–Trinajstić information content (AvgIpc) is 2.68. The van der Waals surface area contributed by atoms with E-state index in [9.17, 15) is 9.59 Å². The Morgan fingerprint density at radius 2 is 1.69 bits per heavy atom. The van der Waals surface area contributed by atoms with E-state index < -0.39 is 0 Å². The van der Waals surface area contributed by atoms with Crippen molar-refractivity contribution in [2.24, 2.45) is 0 Å². The van der Waals surface area contributed by atoms with Gasteiger partial charge in [-0.05, 0) is 41.5 Å². The lowest BCUT2D eigenvalue weighted by molar-refractivity contribution is -0.130. The van der Waals surface area contributed by atoms with Crippen molar-refractivity contribution in [3.8, 4) is 0 Å². The van der Waals surface area contributed by atoms with Crippen LogP contribution in [0.3, 0.4) is 0 Å². The number of piperazine rings is 1. The maximum Gasteiger partial charge on any atom is 0.227 e. The van der Waals surface area contributed by atoms with Gasteiger partial charge in [-0.3, -0.25) is 9.59 Å². The molecule has 0 radical (unpaired) electrons. The van der Waals surface area contributed by atoms with E-state index in [-0.39, 0.29) is 5.91 Å². The summed E-state index contributed by atoms with van der Waals surface area (Å²) in [6.07, 6.45) is 4.51. The minimum Gasteiger partial charge on any atom is -0.367 e. The molecule has 1 amide bonds. The fourth-order valence-electron chi connectivity index (χ4n) is 3.14. The molecule has 0 spiro atoms. The lowest BCUT2D eigenvalue weighted by Gasteiger charge is -2.37. The fraction of sp³-hybridized carbons (Fsp3) is 0.238. The summed E-state index contributed by atoms with van der Waals surface area (Å²) < 4.78 is 0. The molecule has 0 aliphatic carbocycles. The van der Waals surface area contributed by atoms with Gasteiger partial charge in [-0.15, -0.1) is 0 Å². The molecule has 5 heteroatoms. The first-order valence-electron chi connectivity index (χ1n) is 8.65. The second-order valence-corrected chi connectivity index (χ2v) is 6.66. The highest BCUT2D eigenvalue weighted by Crippen LogP contribution is 2.23. The van der Waals surface area contributed by atoms with Gasteiger partial charge in [0, 0.05) is 36.9 Å². The Morgan fingerprint density at radius 1 is 1.00 bits per heavy atom. The van der Waals surface area contributed by atoms with Crippen LogP contribution >= 0.6 is 11.6 Å². The maximum atomic E-state index is 12.5. The number of halogens is 1. The van der Waals surface area contributed by atoms with Crippen LogP contribution in [0.5, 0.6) is 0 Å². The van der Waals surface area contributed by atoms with Gasteiger partial charge >= 0.3 is 0 Å². The molecule has 0 unspecified atom stereocenters. The zero-order chi connectivity index (χ0) is 18.4. The van der Waals surface area contributed by atoms with Gasteiger partial charge in [-0.2, -0.15) is 0 Å². The Kier molecular flexibility index (Phi) is 6.08. The van der Waals surface area contributed by atoms with E-state index in [1.807, 2.05) is 53.4 Å². The number of amides is 1. The van der Waals surface area contributed by atoms with Crippen molar-refractivity contribution in [1.82, 2.24) is 4.90 Å². The van der Waals surface area contributed by atoms with Crippen LogP contribution in [0, 0.1) is 0 Å². The Morgan fingerprint density at radius 3 is 2.38 bits per heavy atom. The first-order valence-corrected chi connectivity index (χ1v) is 9.03. The molecule has 1 fully saturated rings. The van der Waals surface area contributed by atoms with Gasteiger partial charge in [0.05, 0.1) is 6.42 Å². The highest BCUT2D eigenvalue weighted by molar-refractivity contribution is 6.30. The van der Waals surface area contributed by atoms with E-state index >= 15 is 0 Å². The van der Waals surface area contributed by atoms with E-state index in [0.29, 0.717) is 24.5 Å². The van der Waals surface area contributed by atoms with Crippen LogP contribution in [0.4, 0.5) is 5.69 Å². The van der Waals surface area contributed by atoms with Crippen molar-refractivity contribution in [3.63, 3.8) is 0 Å². The Bertz CT molecular complexity index is 794. The number of allylic oxidation sites excluding steroid dienone is 1. The fourth-order valence-corrected chi connectivity index (χ4v) is 3.27. The van der Waals surface area contributed by atoms with Gasteiger partial charge in [0.1, 0.15) is 6.29 Å². The topological polar surface area (TPSA) is 40.6 Å². The number of nitrogens with zero attached hydrogens (tertiary/aromatic N) is 2. The zero-order valence-electron chi connectivity index (χ0n) is 14.5. The van der Waals surface area contributed by atoms with Crippen molar-refractivity contribution in [1.29, 1.82) is 0 Å². The molecule has 1 heterocycles. The van der Waals surface area contributed by atoms with E-state index in [2.05, 4.69) is 11.0 Å². The maximum absolute atomic E-state index is 12.5. The van der Waals surface area contributed by atoms with E-state index in [4.69, 9.17) is 11.6 Å². The summed E-state index contributed by atoms with van der Waals surface area (Å²) >= 11 is 5.89. The Balaban J connectivity index is 1.60.